The van der Waals surface area contributed by atoms with Crippen LogP contribution in [0, 0.1) is 0 Å². The Kier molecular flexibility index (Phi) is 6.15. The molecule has 1 aliphatic carbocycles. The second-order valence-electron chi connectivity index (χ2n) is 7.36. The highest BCUT2D eigenvalue weighted by Gasteiger charge is 2.58. The van der Waals surface area contributed by atoms with E-state index in [4.69, 9.17) is 34.8 Å². The number of rotatable bonds is 7. The molecule has 1 fully saturated rings. The van der Waals surface area contributed by atoms with Crippen LogP contribution in [-0.4, -0.2) is 35.5 Å². The first-order valence-electron chi connectivity index (χ1n) is 9.30. The second-order valence-corrected chi connectivity index (χ2v) is 9.87. The van der Waals surface area contributed by atoms with Crippen molar-refractivity contribution in [3.63, 3.8) is 0 Å². The van der Waals surface area contributed by atoms with Crippen LogP contribution in [0.5, 0.6) is 0 Å². The Bertz CT molecular complexity index is 1070. The number of thioether (sulfide) groups is 1. The van der Waals surface area contributed by atoms with Crippen LogP contribution in [0.1, 0.15) is 28.8 Å². The smallest absolute Gasteiger partial charge is 0.227 e. The number of carbonyl (C=O) groups excluding carboxylic acids is 1. The highest BCUT2D eigenvalue weighted by molar-refractivity contribution is 8.14. The fourth-order valence-electron chi connectivity index (χ4n) is 3.30. The molecule has 2 aromatic carbocycles. The largest absolute Gasteiger partial charge is 0.386 e. The van der Waals surface area contributed by atoms with Gasteiger partial charge in [-0.15, -0.1) is 11.6 Å². The molecule has 3 aromatic rings. The van der Waals surface area contributed by atoms with Gasteiger partial charge in [0.2, 0.25) is 5.12 Å². The Hall–Kier alpha value is -1.57. The van der Waals surface area contributed by atoms with Gasteiger partial charge < -0.3 is 5.11 Å². The first-order valence-corrected chi connectivity index (χ1v) is 11.2. The van der Waals surface area contributed by atoms with Crippen LogP contribution in [0.2, 0.25) is 10.0 Å². The number of aromatic nitrogens is 3. The molecule has 1 unspecified atom stereocenters. The van der Waals surface area contributed by atoms with E-state index in [2.05, 4.69) is 10.1 Å². The lowest BCUT2D eigenvalue weighted by atomic mass is 9.89. The molecular weight excluding hydrogens is 465 g/mol. The molecule has 0 spiro atoms. The zero-order chi connectivity index (χ0) is 21.4. The number of aliphatic hydroxyl groups is 1. The van der Waals surface area contributed by atoms with E-state index < -0.39 is 10.5 Å². The number of carbonyl (C=O) groups is 1. The van der Waals surface area contributed by atoms with E-state index in [1.165, 1.54) is 11.0 Å². The van der Waals surface area contributed by atoms with Crippen LogP contribution in [0.25, 0.3) is 0 Å². The van der Waals surface area contributed by atoms with Crippen molar-refractivity contribution in [1.29, 1.82) is 0 Å². The Labute approximate surface area is 193 Å². The van der Waals surface area contributed by atoms with Crippen LogP contribution in [-0.2, 0) is 13.0 Å². The minimum atomic E-state index is -1.30. The summed E-state index contributed by atoms with van der Waals surface area (Å²) in [5, 5.41) is 17.1. The molecule has 1 saturated carbocycles. The molecule has 4 rings (SSSR count). The summed E-state index contributed by atoms with van der Waals surface area (Å²) in [5.74, 6) is 0. The van der Waals surface area contributed by atoms with Crippen LogP contribution >= 0.6 is 46.6 Å². The van der Waals surface area contributed by atoms with Crippen LogP contribution in [0.15, 0.2) is 60.0 Å². The number of alkyl halides is 1. The van der Waals surface area contributed by atoms with Crippen molar-refractivity contribution >= 4 is 51.7 Å². The van der Waals surface area contributed by atoms with Gasteiger partial charge >= 0.3 is 0 Å². The van der Waals surface area contributed by atoms with E-state index in [-0.39, 0.29) is 18.1 Å². The van der Waals surface area contributed by atoms with E-state index in [9.17, 15) is 9.90 Å². The van der Waals surface area contributed by atoms with Crippen molar-refractivity contribution in [3.05, 3.63) is 76.0 Å². The van der Waals surface area contributed by atoms with Gasteiger partial charge in [-0.25, -0.2) is 9.67 Å². The van der Waals surface area contributed by atoms with Gasteiger partial charge in [-0.1, -0.05) is 41.4 Å². The Morgan fingerprint density at radius 1 is 1.17 bits per heavy atom. The van der Waals surface area contributed by atoms with Crippen molar-refractivity contribution < 1.29 is 9.90 Å². The molecule has 1 N–H and O–H groups in total. The third kappa shape index (κ3) is 4.53. The first kappa shape index (κ1) is 21.7. The zero-order valence-electron chi connectivity index (χ0n) is 15.8. The summed E-state index contributed by atoms with van der Waals surface area (Å²) in [7, 11) is 0. The highest BCUT2D eigenvalue weighted by Crippen LogP contribution is 2.53. The number of benzene rings is 2. The zero-order valence-corrected chi connectivity index (χ0v) is 18.8. The summed E-state index contributed by atoms with van der Waals surface area (Å²) in [6.45, 7) is 0.0952. The third-order valence-corrected chi connectivity index (χ3v) is 7.49. The fourth-order valence-corrected chi connectivity index (χ4v) is 4.59. The Balaban J connectivity index is 1.56. The first-order chi connectivity index (χ1) is 14.3. The predicted octanol–water partition coefficient (Wildman–Crippen LogP) is 5.26. The van der Waals surface area contributed by atoms with Gasteiger partial charge in [0.25, 0.3) is 0 Å². The fraction of sp³-hybridized carbons (Fsp3) is 0.286. The lowest BCUT2D eigenvalue weighted by Crippen LogP contribution is -2.47. The summed E-state index contributed by atoms with van der Waals surface area (Å²) in [5.41, 5.74) is 0.00716. The Morgan fingerprint density at radius 3 is 2.53 bits per heavy atom. The topological polar surface area (TPSA) is 68.0 Å². The van der Waals surface area contributed by atoms with Gasteiger partial charge in [0, 0.05) is 22.0 Å². The van der Waals surface area contributed by atoms with Crippen LogP contribution in [0.4, 0.5) is 0 Å². The number of halogens is 3. The average molecular weight is 483 g/mol. The molecule has 0 aliphatic heterocycles. The number of nitrogens with zero attached hydrogens (tertiary/aromatic N) is 3. The molecule has 9 heteroatoms. The molecule has 0 radical (unpaired) electrons. The molecular formula is C21H18Cl3N3O2S. The van der Waals surface area contributed by atoms with Crippen molar-refractivity contribution in [3.8, 4) is 0 Å². The van der Waals surface area contributed by atoms with E-state index in [1.807, 2.05) is 18.2 Å². The van der Waals surface area contributed by atoms with Crippen LogP contribution < -0.4 is 0 Å². The molecule has 1 aromatic heterocycles. The Morgan fingerprint density at radius 2 is 1.87 bits per heavy atom. The summed E-state index contributed by atoms with van der Waals surface area (Å²) >= 11 is 19.8. The van der Waals surface area contributed by atoms with Gasteiger partial charge in [0.05, 0.1) is 11.4 Å². The maximum Gasteiger partial charge on any atom is 0.227 e. The van der Waals surface area contributed by atoms with E-state index in [0.29, 0.717) is 33.6 Å². The van der Waals surface area contributed by atoms with Crippen molar-refractivity contribution in [2.75, 3.05) is 0 Å². The molecule has 1 heterocycles. The second kappa shape index (κ2) is 8.52. The summed E-state index contributed by atoms with van der Waals surface area (Å²) in [6, 6.07) is 14.0. The van der Waals surface area contributed by atoms with Crippen molar-refractivity contribution in [2.24, 2.45) is 0 Å². The normalized spacial score (nSPS) is 16.8. The maximum atomic E-state index is 12.6. The molecule has 0 saturated heterocycles. The summed E-state index contributed by atoms with van der Waals surface area (Å²) in [6.07, 6.45) is 3.01. The molecule has 0 bridgehead atoms. The van der Waals surface area contributed by atoms with E-state index in [0.717, 1.165) is 17.3 Å². The van der Waals surface area contributed by atoms with E-state index >= 15 is 0 Å². The lowest BCUT2D eigenvalue weighted by molar-refractivity contribution is 0.00524. The molecule has 0 amide bonds. The van der Waals surface area contributed by atoms with Gasteiger partial charge in [0.15, 0.2) is 5.16 Å². The minimum Gasteiger partial charge on any atom is -0.386 e. The average Bonchev–Trinajstić information content (AvgIpc) is 3.35. The highest BCUT2D eigenvalue weighted by atomic mass is 35.5. The molecule has 156 valence electrons. The van der Waals surface area contributed by atoms with Crippen molar-refractivity contribution in [1.82, 2.24) is 14.8 Å². The summed E-state index contributed by atoms with van der Waals surface area (Å²) < 4.78 is 1.53. The SMILES string of the molecule is O=C(Sc1ncnn1CC(O)(Cc1ccccc1Cl)C1(Cl)CC1)c1ccc(Cl)cc1. The molecule has 1 atom stereocenters. The maximum absolute atomic E-state index is 12.6. The number of hydrogen-bond donors (Lipinski definition) is 1. The summed E-state index contributed by atoms with van der Waals surface area (Å²) in [4.78, 5) is 16.1. The predicted molar refractivity (Wildman–Crippen MR) is 120 cm³/mol. The van der Waals surface area contributed by atoms with Gasteiger partial charge in [-0.2, -0.15) is 5.10 Å². The van der Waals surface area contributed by atoms with Gasteiger partial charge in [-0.05, 0) is 60.5 Å². The molecule has 30 heavy (non-hydrogen) atoms. The monoisotopic (exact) mass is 481 g/mol. The van der Waals surface area contributed by atoms with E-state index in [1.54, 1.807) is 30.3 Å². The quantitative estimate of drug-likeness (QED) is 0.367. The van der Waals surface area contributed by atoms with Gasteiger partial charge in [0.1, 0.15) is 11.9 Å². The van der Waals surface area contributed by atoms with Crippen molar-refractivity contribution in [2.45, 2.75) is 41.4 Å². The standard InChI is InChI=1S/C21H18Cl3N3O2S/c22-16-7-5-14(6-8-16)18(28)30-19-25-13-26-27(19)12-21(29,20(24)9-10-20)11-15-3-1-2-4-17(15)23/h1-8,13,29H,9-12H2. The minimum absolute atomic E-state index is 0.0952. The third-order valence-electron chi connectivity index (χ3n) is 5.22. The molecule has 1 aliphatic rings. The van der Waals surface area contributed by atoms with Crippen LogP contribution in [0.3, 0.4) is 0 Å². The molecule has 5 nitrogen and oxygen atoms in total. The number of hydrogen-bond acceptors (Lipinski definition) is 5. The van der Waals surface area contributed by atoms with Gasteiger partial charge in [-0.3, -0.25) is 4.79 Å². The lowest BCUT2D eigenvalue weighted by Gasteiger charge is -2.33.